The number of nitrogens with zero attached hydrogens (tertiary/aromatic N) is 2. The summed E-state index contributed by atoms with van der Waals surface area (Å²) >= 11 is 3.64. The predicted octanol–water partition coefficient (Wildman–Crippen LogP) is 3.80. The standard InChI is InChI=1S/C17H25BrN2O2.ClH/c1-3-19(12-17(21)22)14-8-10-20(11-9-14)13(2)15-6-4-5-7-16(15)18;/h4-7,13-14H,3,8-12H2,1-2H3,(H,21,22);1H. The number of rotatable bonds is 6. The Kier molecular flexibility index (Phi) is 8.54. The maximum absolute atomic E-state index is 10.9. The molecule has 6 heteroatoms. The molecule has 0 spiro atoms. The summed E-state index contributed by atoms with van der Waals surface area (Å²) in [6.45, 7) is 7.28. The first-order valence-corrected chi connectivity index (χ1v) is 8.76. The van der Waals surface area contributed by atoms with Gasteiger partial charge in [0.05, 0.1) is 6.54 Å². The molecule has 1 N–H and O–H groups in total. The number of carboxylic acids is 1. The van der Waals surface area contributed by atoms with E-state index < -0.39 is 5.97 Å². The van der Waals surface area contributed by atoms with Crippen LogP contribution in [-0.4, -0.2) is 53.1 Å². The van der Waals surface area contributed by atoms with Crippen molar-refractivity contribution in [1.82, 2.24) is 9.80 Å². The van der Waals surface area contributed by atoms with Crippen molar-refractivity contribution in [3.05, 3.63) is 34.3 Å². The minimum absolute atomic E-state index is 0. The highest BCUT2D eigenvalue weighted by Crippen LogP contribution is 2.30. The van der Waals surface area contributed by atoms with Crippen LogP contribution in [-0.2, 0) is 4.79 Å². The van der Waals surface area contributed by atoms with Gasteiger partial charge in [-0.15, -0.1) is 12.4 Å². The van der Waals surface area contributed by atoms with Crippen molar-refractivity contribution >= 4 is 34.3 Å². The van der Waals surface area contributed by atoms with Crippen molar-refractivity contribution in [3.63, 3.8) is 0 Å². The van der Waals surface area contributed by atoms with Gasteiger partial charge in [-0.2, -0.15) is 0 Å². The molecular formula is C17H26BrClN2O2. The van der Waals surface area contributed by atoms with Crippen LogP contribution in [0.2, 0.25) is 0 Å². The fraction of sp³-hybridized carbons (Fsp3) is 0.588. The van der Waals surface area contributed by atoms with Gasteiger partial charge in [-0.25, -0.2) is 0 Å². The minimum atomic E-state index is -0.731. The van der Waals surface area contributed by atoms with E-state index in [1.54, 1.807) is 0 Å². The summed E-state index contributed by atoms with van der Waals surface area (Å²) in [5.41, 5.74) is 1.32. The molecule has 130 valence electrons. The lowest BCUT2D eigenvalue weighted by Crippen LogP contribution is -2.47. The summed E-state index contributed by atoms with van der Waals surface area (Å²) in [6.07, 6.45) is 2.08. The third kappa shape index (κ3) is 5.45. The fourth-order valence-corrected chi connectivity index (χ4v) is 3.94. The number of benzene rings is 1. The van der Waals surface area contributed by atoms with Gasteiger partial charge in [0.1, 0.15) is 0 Å². The van der Waals surface area contributed by atoms with Crippen LogP contribution >= 0.6 is 28.3 Å². The number of likely N-dealkylation sites (N-methyl/N-ethyl adjacent to an activating group) is 1. The van der Waals surface area contributed by atoms with Crippen molar-refractivity contribution in [2.45, 2.75) is 38.8 Å². The molecule has 1 atom stereocenters. The van der Waals surface area contributed by atoms with Gasteiger partial charge in [-0.05, 0) is 37.9 Å². The molecule has 0 saturated carbocycles. The average Bonchev–Trinajstić information content (AvgIpc) is 2.52. The third-order valence-electron chi connectivity index (χ3n) is 4.66. The van der Waals surface area contributed by atoms with Gasteiger partial charge in [-0.3, -0.25) is 14.6 Å². The van der Waals surface area contributed by atoms with Gasteiger partial charge in [0.25, 0.3) is 0 Å². The molecule has 1 aliphatic rings. The van der Waals surface area contributed by atoms with Crippen molar-refractivity contribution in [2.75, 3.05) is 26.2 Å². The van der Waals surface area contributed by atoms with Gasteiger partial charge < -0.3 is 5.11 Å². The molecule has 1 aromatic carbocycles. The number of hydrogen-bond acceptors (Lipinski definition) is 3. The second-order valence-corrected chi connectivity index (χ2v) is 6.78. The number of halogens is 2. The zero-order valence-electron chi connectivity index (χ0n) is 13.7. The Morgan fingerprint density at radius 3 is 2.52 bits per heavy atom. The van der Waals surface area contributed by atoms with Crippen LogP contribution in [0.5, 0.6) is 0 Å². The largest absolute Gasteiger partial charge is 0.480 e. The third-order valence-corrected chi connectivity index (χ3v) is 5.39. The summed E-state index contributed by atoms with van der Waals surface area (Å²) in [6, 6.07) is 9.15. The number of piperidine rings is 1. The van der Waals surface area contributed by atoms with Crippen molar-refractivity contribution < 1.29 is 9.90 Å². The molecule has 0 bridgehead atoms. The normalized spacial score (nSPS) is 17.7. The molecule has 1 aliphatic heterocycles. The van der Waals surface area contributed by atoms with E-state index in [0.717, 1.165) is 36.9 Å². The van der Waals surface area contributed by atoms with Gasteiger partial charge in [0, 0.05) is 29.6 Å². The molecule has 1 aromatic rings. The number of carboxylic acid groups (broad SMARTS) is 1. The monoisotopic (exact) mass is 404 g/mol. The first-order chi connectivity index (χ1) is 10.5. The smallest absolute Gasteiger partial charge is 0.317 e. The topological polar surface area (TPSA) is 43.8 Å². The summed E-state index contributed by atoms with van der Waals surface area (Å²) in [5, 5.41) is 9.01. The van der Waals surface area contributed by atoms with Crippen molar-refractivity contribution in [2.24, 2.45) is 0 Å². The minimum Gasteiger partial charge on any atom is -0.480 e. The molecular weight excluding hydrogens is 380 g/mol. The highest BCUT2D eigenvalue weighted by atomic mass is 79.9. The first-order valence-electron chi connectivity index (χ1n) is 7.97. The molecule has 1 unspecified atom stereocenters. The van der Waals surface area contributed by atoms with E-state index in [4.69, 9.17) is 5.11 Å². The van der Waals surface area contributed by atoms with Crippen LogP contribution in [0.1, 0.15) is 38.3 Å². The predicted molar refractivity (Wildman–Crippen MR) is 99.3 cm³/mol. The highest BCUT2D eigenvalue weighted by Gasteiger charge is 2.27. The molecule has 23 heavy (non-hydrogen) atoms. The zero-order valence-corrected chi connectivity index (χ0v) is 16.1. The molecule has 1 saturated heterocycles. The van der Waals surface area contributed by atoms with Crippen LogP contribution in [0, 0.1) is 0 Å². The Bertz CT molecular complexity index is 507. The number of aliphatic carboxylic acids is 1. The van der Waals surface area contributed by atoms with Crippen molar-refractivity contribution in [1.29, 1.82) is 0 Å². The molecule has 1 fully saturated rings. The Hall–Kier alpha value is -0.620. The lowest BCUT2D eigenvalue weighted by molar-refractivity contribution is -0.139. The zero-order chi connectivity index (χ0) is 16.1. The highest BCUT2D eigenvalue weighted by molar-refractivity contribution is 9.10. The number of hydrogen-bond donors (Lipinski definition) is 1. The SMILES string of the molecule is CCN(CC(=O)O)C1CCN(C(C)c2ccccc2Br)CC1.Cl. The maximum atomic E-state index is 10.9. The Morgan fingerprint density at radius 2 is 2.00 bits per heavy atom. The molecule has 0 amide bonds. The molecule has 0 aromatic heterocycles. The second kappa shape index (κ2) is 9.62. The average molecular weight is 406 g/mol. The van der Waals surface area contributed by atoms with E-state index in [0.29, 0.717) is 12.1 Å². The maximum Gasteiger partial charge on any atom is 0.317 e. The Morgan fingerprint density at radius 1 is 1.39 bits per heavy atom. The molecule has 1 heterocycles. The van der Waals surface area contributed by atoms with Gasteiger partial charge >= 0.3 is 5.97 Å². The lowest BCUT2D eigenvalue weighted by atomic mass is 9.99. The van der Waals surface area contributed by atoms with Crippen LogP contribution in [0.25, 0.3) is 0 Å². The van der Waals surface area contributed by atoms with E-state index in [1.807, 2.05) is 13.0 Å². The van der Waals surface area contributed by atoms with Crippen LogP contribution < -0.4 is 0 Å². The van der Waals surface area contributed by atoms with Crippen LogP contribution in [0.3, 0.4) is 0 Å². The summed E-state index contributed by atoms with van der Waals surface area (Å²) < 4.78 is 1.16. The Balaban J connectivity index is 0.00000264. The fourth-order valence-electron chi connectivity index (χ4n) is 3.32. The first kappa shape index (κ1) is 20.4. The molecule has 4 nitrogen and oxygen atoms in total. The van der Waals surface area contributed by atoms with Crippen molar-refractivity contribution in [3.8, 4) is 0 Å². The summed E-state index contributed by atoms with van der Waals surface area (Å²) in [4.78, 5) is 15.5. The second-order valence-electron chi connectivity index (χ2n) is 5.92. The molecule has 0 radical (unpaired) electrons. The van der Waals surface area contributed by atoms with Crippen LogP contribution in [0.15, 0.2) is 28.7 Å². The van der Waals surface area contributed by atoms with Crippen LogP contribution in [0.4, 0.5) is 0 Å². The Labute approximate surface area is 153 Å². The summed E-state index contributed by atoms with van der Waals surface area (Å²) in [5.74, 6) is -0.731. The van der Waals surface area contributed by atoms with E-state index >= 15 is 0 Å². The molecule has 0 aliphatic carbocycles. The van der Waals surface area contributed by atoms with E-state index in [1.165, 1.54) is 5.56 Å². The summed E-state index contributed by atoms with van der Waals surface area (Å²) in [7, 11) is 0. The van der Waals surface area contributed by atoms with E-state index in [2.05, 4.69) is 50.9 Å². The molecule has 2 rings (SSSR count). The number of likely N-dealkylation sites (tertiary alicyclic amines) is 1. The van der Waals surface area contributed by atoms with E-state index in [9.17, 15) is 4.79 Å². The number of carbonyl (C=O) groups is 1. The lowest BCUT2D eigenvalue weighted by Gasteiger charge is -2.40. The quantitative estimate of drug-likeness (QED) is 0.782. The van der Waals surface area contributed by atoms with Gasteiger partial charge in [-0.1, -0.05) is 41.1 Å². The van der Waals surface area contributed by atoms with Gasteiger partial charge in [0.2, 0.25) is 0 Å². The van der Waals surface area contributed by atoms with Gasteiger partial charge in [0.15, 0.2) is 0 Å². The van der Waals surface area contributed by atoms with E-state index in [-0.39, 0.29) is 19.0 Å².